The van der Waals surface area contributed by atoms with Crippen LogP contribution >= 0.6 is 0 Å². The van der Waals surface area contributed by atoms with E-state index < -0.39 is 12.6 Å². The van der Waals surface area contributed by atoms with Crippen molar-refractivity contribution in [1.29, 1.82) is 0 Å². The van der Waals surface area contributed by atoms with Crippen LogP contribution in [-0.2, 0) is 0 Å². The molecule has 4 nitrogen and oxygen atoms in total. The molecule has 0 amide bonds. The first-order valence-electron chi connectivity index (χ1n) is 5.21. The lowest BCUT2D eigenvalue weighted by molar-refractivity contribution is -0.00439. The Morgan fingerprint density at radius 2 is 1.19 bits per heavy atom. The molecule has 90 valence electrons. The van der Waals surface area contributed by atoms with E-state index in [1.54, 1.807) is 26.0 Å². The zero-order valence-electron chi connectivity index (χ0n) is 10.0. The quantitative estimate of drug-likeness (QED) is 0.768. The fraction of sp³-hybridized carbons (Fsp3) is 0.500. The summed E-state index contributed by atoms with van der Waals surface area (Å²) in [5.74, 6) is 1.23. The summed E-state index contributed by atoms with van der Waals surface area (Å²) in [6, 6.07) is 3.56. The molecule has 16 heavy (non-hydrogen) atoms. The van der Waals surface area contributed by atoms with Gasteiger partial charge in [0.25, 0.3) is 0 Å². The van der Waals surface area contributed by atoms with Crippen molar-refractivity contribution in [2.45, 2.75) is 40.3 Å². The SMILES string of the molecule is Cc1cc(OC(C)O)c(C)cc1OC(C)O. The van der Waals surface area contributed by atoms with Gasteiger partial charge in [-0.15, -0.1) is 0 Å². The highest BCUT2D eigenvalue weighted by atomic mass is 16.6. The Hall–Kier alpha value is -1.26. The third kappa shape index (κ3) is 3.40. The average molecular weight is 226 g/mol. The highest BCUT2D eigenvalue weighted by Crippen LogP contribution is 2.28. The highest BCUT2D eigenvalue weighted by molar-refractivity contribution is 5.45. The van der Waals surface area contributed by atoms with Gasteiger partial charge in [0, 0.05) is 0 Å². The van der Waals surface area contributed by atoms with Gasteiger partial charge in [-0.25, -0.2) is 0 Å². The van der Waals surface area contributed by atoms with E-state index in [1.165, 1.54) is 0 Å². The second-order valence-corrected chi connectivity index (χ2v) is 3.82. The molecule has 0 saturated heterocycles. The van der Waals surface area contributed by atoms with E-state index in [0.717, 1.165) is 11.1 Å². The van der Waals surface area contributed by atoms with Crippen molar-refractivity contribution in [1.82, 2.24) is 0 Å². The van der Waals surface area contributed by atoms with Crippen LogP contribution in [0, 0.1) is 13.8 Å². The standard InChI is InChI=1S/C12H18O4/c1-7-5-12(16-10(4)14)8(2)6-11(7)15-9(3)13/h5-6,9-10,13-14H,1-4H3. The Labute approximate surface area is 95.4 Å². The molecular weight excluding hydrogens is 208 g/mol. The largest absolute Gasteiger partial charge is 0.465 e. The molecule has 2 atom stereocenters. The van der Waals surface area contributed by atoms with Crippen molar-refractivity contribution < 1.29 is 19.7 Å². The van der Waals surface area contributed by atoms with Crippen molar-refractivity contribution in [3.63, 3.8) is 0 Å². The van der Waals surface area contributed by atoms with Crippen molar-refractivity contribution in [3.8, 4) is 11.5 Å². The number of benzene rings is 1. The number of aliphatic hydroxyl groups is 2. The van der Waals surface area contributed by atoms with E-state index >= 15 is 0 Å². The summed E-state index contributed by atoms with van der Waals surface area (Å²) in [5.41, 5.74) is 1.70. The molecule has 0 bridgehead atoms. The molecule has 0 aromatic heterocycles. The number of aliphatic hydroxyl groups excluding tert-OH is 2. The second kappa shape index (κ2) is 5.18. The van der Waals surface area contributed by atoms with Crippen LogP contribution in [0.3, 0.4) is 0 Å². The molecular formula is C12H18O4. The zero-order valence-corrected chi connectivity index (χ0v) is 10.0. The molecule has 0 fully saturated rings. The van der Waals surface area contributed by atoms with E-state index in [0.29, 0.717) is 11.5 Å². The molecule has 1 aromatic carbocycles. The van der Waals surface area contributed by atoms with E-state index in [9.17, 15) is 0 Å². The Morgan fingerprint density at radius 1 is 0.875 bits per heavy atom. The summed E-state index contributed by atoms with van der Waals surface area (Å²) in [5, 5.41) is 18.3. The molecule has 0 radical (unpaired) electrons. The van der Waals surface area contributed by atoms with Crippen molar-refractivity contribution >= 4 is 0 Å². The first-order chi connectivity index (χ1) is 7.40. The molecule has 0 aliphatic carbocycles. The number of aryl methyl sites for hydroxylation is 2. The van der Waals surface area contributed by atoms with Crippen LogP contribution in [0.15, 0.2) is 12.1 Å². The minimum atomic E-state index is -0.846. The summed E-state index contributed by atoms with van der Waals surface area (Å²) < 4.78 is 10.4. The topological polar surface area (TPSA) is 58.9 Å². The third-order valence-electron chi connectivity index (χ3n) is 2.07. The Kier molecular flexibility index (Phi) is 4.15. The van der Waals surface area contributed by atoms with E-state index in [-0.39, 0.29) is 0 Å². The molecule has 0 spiro atoms. The Bertz CT molecular complexity index is 323. The Balaban J connectivity index is 2.97. The lowest BCUT2D eigenvalue weighted by Gasteiger charge is -2.16. The maximum Gasteiger partial charge on any atom is 0.194 e. The molecule has 4 heteroatoms. The van der Waals surface area contributed by atoms with Crippen molar-refractivity contribution in [3.05, 3.63) is 23.3 Å². The molecule has 2 N–H and O–H groups in total. The van der Waals surface area contributed by atoms with Crippen LogP contribution in [0.2, 0.25) is 0 Å². The van der Waals surface area contributed by atoms with Gasteiger partial charge >= 0.3 is 0 Å². The van der Waals surface area contributed by atoms with Gasteiger partial charge < -0.3 is 19.7 Å². The average Bonchev–Trinajstić information content (AvgIpc) is 2.11. The Morgan fingerprint density at radius 3 is 1.44 bits per heavy atom. The smallest absolute Gasteiger partial charge is 0.194 e. The fourth-order valence-corrected chi connectivity index (χ4v) is 1.38. The lowest BCUT2D eigenvalue weighted by atomic mass is 10.1. The van der Waals surface area contributed by atoms with Gasteiger partial charge in [0.2, 0.25) is 0 Å². The maximum absolute atomic E-state index is 9.14. The van der Waals surface area contributed by atoms with Crippen molar-refractivity contribution in [2.24, 2.45) is 0 Å². The maximum atomic E-state index is 9.14. The summed E-state index contributed by atoms with van der Waals surface area (Å²) in [7, 11) is 0. The van der Waals surface area contributed by atoms with Crippen LogP contribution in [-0.4, -0.2) is 22.8 Å². The third-order valence-corrected chi connectivity index (χ3v) is 2.07. The van der Waals surface area contributed by atoms with E-state index in [2.05, 4.69) is 0 Å². The first-order valence-corrected chi connectivity index (χ1v) is 5.21. The lowest BCUT2D eigenvalue weighted by Crippen LogP contribution is -2.12. The number of hydrogen-bond donors (Lipinski definition) is 2. The fourth-order valence-electron chi connectivity index (χ4n) is 1.38. The monoisotopic (exact) mass is 226 g/mol. The zero-order chi connectivity index (χ0) is 12.3. The van der Waals surface area contributed by atoms with Crippen LogP contribution in [0.25, 0.3) is 0 Å². The molecule has 0 saturated carbocycles. The van der Waals surface area contributed by atoms with Crippen LogP contribution in [0.1, 0.15) is 25.0 Å². The molecule has 1 aromatic rings. The summed E-state index contributed by atoms with van der Waals surface area (Å²) in [4.78, 5) is 0. The van der Waals surface area contributed by atoms with Crippen molar-refractivity contribution in [2.75, 3.05) is 0 Å². The van der Waals surface area contributed by atoms with Gasteiger partial charge in [-0.1, -0.05) is 0 Å². The van der Waals surface area contributed by atoms with Gasteiger partial charge in [0.1, 0.15) is 11.5 Å². The number of hydrogen-bond acceptors (Lipinski definition) is 4. The van der Waals surface area contributed by atoms with Gasteiger partial charge in [-0.3, -0.25) is 0 Å². The van der Waals surface area contributed by atoms with E-state index in [1.807, 2.05) is 13.8 Å². The van der Waals surface area contributed by atoms with Gasteiger partial charge in [-0.2, -0.15) is 0 Å². The summed E-state index contributed by atoms with van der Waals surface area (Å²) in [6.45, 7) is 6.81. The minimum Gasteiger partial charge on any atom is -0.465 e. The second-order valence-electron chi connectivity index (χ2n) is 3.82. The molecule has 0 heterocycles. The van der Waals surface area contributed by atoms with E-state index in [4.69, 9.17) is 19.7 Å². The molecule has 2 unspecified atom stereocenters. The first kappa shape index (κ1) is 12.8. The predicted octanol–water partition coefficient (Wildman–Crippen LogP) is 1.74. The molecule has 1 rings (SSSR count). The van der Waals surface area contributed by atoms with Gasteiger partial charge in [-0.05, 0) is 51.0 Å². The van der Waals surface area contributed by atoms with Crippen LogP contribution in [0.4, 0.5) is 0 Å². The molecule has 0 aliphatic rings. The normalized spacial score (nSPS) is 14.4. The van der Waals surface area contributed by atoms with Crippen LogP contribution in [0.5, 0.6) is 11.5 Å². The summed E-state index contributed by atoms with van der Waals surface area (Å²) >= 11 is 0. The number of rotatable bonds is 4. The van der Waals surface area contributed by atoms with Crippen LogP contribution < -0.4 is 9.47 Å². The number of ether oxygens (including phenoxy) is 2. The molecule has 0 aliphatic heterocycles. The van der Waals surface area contributed by atoms with Gasteiger partial charge in [0.05, 0.1) is 0 Å². The minimum absolute atomic E-state index is 0.616. The predicted molar refractivity (Wildman–Crippen MR) is 60.5 cm³/mol. The summed E-state index contributed by atoms with van der Waals surface area (Å²) in [6.07, 6.45) is -1.69. The van der Waals surface area contributed by atoms with Gasteiger partial charge in [0.15, 0.2) is 12.6 Å². The highest BCUT2D eigenvalue weighted by Gasteiger charge is 2.09.